The van der Waals surface area contributed by atoms with Gasteiger partial charge in [-0.05, 0) is 35.7 Å². The van der Waals surface area contributed by atoms with Gasteiger partial charge in [-0.15, -0.1) is 0 Å². The first kappa shape index (κ1) is 12.6. The zero-order chi connectivity index (χ0) is 15.1. The van der Waals surface area contributed by atoms with Gasteiger partial charge in [0.1, 0.15) is 11.4 Å². The van der Waals surface area contributed by atoms with Crippen LogP contribution in [0.15, 0.2) is 59.5 Å². The van der Waals surface area contributed by atoms with Gasteiger partial charge in [-0.2, -0.15) is 5.10 Å². The number of aromatic amines is 1. The first-order valence-corrected chi connectivity index (χ1v) is 6.91. The van der Waals surface area contributed by atoms with Crippen molar-refractivity contribution in [1.82, 2.24) is 14.8 Å². The maximum Gasteiger partial charge on any atom is 0.264 e. The van der Waals surface area contributed by atoms with E-state index in [0.717, 1.165) is 22.2 Å². The van der Waals surface area contributed by atoms with Crippen LogP contribution >= 0.6 is 0 Å². The molecule has 0 saturated heterocycles. The number of methoxy groups -OCH3 is 1. The molecule has 5 nitrogen and oxygen atoms in total. The van der Waals surface area contributed by atoms with Crippen molar-refractivity contribution >= 4 is 21.8 Å². The molecule has 0 bridgehead atoms. The summed E-state index contributed by atoms with van der Waals surface area (Å²) in [5, 5.41) is 9.53. The second kappa shape index (κ2) is 4.73. The molecule has 0 atom stereocenters. The number of hydrogen-bond donors (Lipinski definition) is 1. The summed E-state index contributed by atoms with van der Waals surface area (Å²) in [6.45, 7) is 0. The van der Waals surface area contributed by atoms with Crippen molar-refractivity contribution in [2.45, 2.75) is 0 Å². The number of hydrogen-bond acceptors (Lipinski definition) is 3. The van der Waals surface area contributed by atoms with Crippen molar-refractivity contribution in [2.24, 2.45) is 0 Å². The lowest BCUT2D eigenvalue weighted by Crippen LogP contribution is -2.19. The number of nitrogens with zero attached hydrogens (tertiary/aromatic N) is 2. The van der Waals surface area contributed by atoms with Gasteiger partial charge in [-0.1, -0.05) is 18.2 Å². The lowest BCUT2D eigenvalue weighted by Gasteiger charge is -2.10. The Balaban J connectivity index is 2.12. The first-order valence-electron chi connectivity index (χ1n) is 6.91. The van der Waals surface area contributed by atoms with Gasteiger partial charge in [0.05, 0.1) is 19.0 Å². The van der Waals surface area contributed by atoms with E-state index in [1.807, 2.05) is 48.5 Å². The molecule has 0 radical (unpaired) electrons. The molecule has 2 heterocycles. The van der Waals surface area contributed by atoms with E-state index in [1.54, 1.807) is 17.9 Å². The number of pyridine rings is 1. The normalized spacial score (nSPS) is 11.1. The highest BCUT2D eigenvalue weighted by Crippen LogP contribution is 2.23. The van der Waals surface area contributed by atoms with Gasteiger partial charge in [-0.25, -0.2) is 0 Å². The molecule has 0 aliphatic rings. The molecule has 0 fully saturated rings. The highest BCUT2D eigenvalue weighted by atomic mass is 16.5. The molecule has 2 aromatic carbocycles. The minimum atomic E-state index is -0.0717. The number of fused-ring (bicyclic) bond motifs is 3. The topological polar surface area (TPSA) is 59.9 Å². The average Bonchev–Trinajstić information content (AvgIpc) is 3.05. The van der Waals surface area contributed by atoms with E-state index in [2.05, 4.69) is 10.2 Å². The fourth-order valence-corrected chi connectivity index (χ4v) is 2.75. The second-order valence-electron chi connectivity index (χ2n) is 5.02. The third-order valence-electron chi connectivity index (χ3n) is 3.82. The number of nitrogens with one attached hydrogen (secondary N) is 1. The Morgan fingerprint density at radius 1 is 1.00 bits per heavy atom. The Bertz CT molecular complexity index is 1030. The Morgan fingerprint density at radius 2 is 1.73 bits per heavy atom. The lowest BCUT2D eigenvalue weighted by molar-refractivity contribution is 0.415. The summed E-state index contributed by atoms with van der Waals surface area (Å²) in [5.41, 5.74) is 1.39. The number of aromatic nitrogens is 3. The molecule has 0 amide bonds. The molecule has 108 valence electrons. The summed E-state index contributed by atoms with van der Waals surface area (Å²) in [4.78, 5) is 12.9. The highest BCUT2D eigenvalue weighted by molar-refractivity contribution is 6.04. The van der Waals surface area contributed by atoms with Crippen molar-refractivity contribution in [3.05, 3.63) is 65.1 Å². The van der Waals surface area contributed by atoms with Crippen LogP contribution in [0.2, 0.25) is 0 Å². The first-order chi connectivity index (χ1) is 10.8. The van der Waals surface area contributed by atoms with Crippen LogP contribution in [0.5, 0.6) is 5.75 Å². The quantitative estimate of drug-likeness (QED) is 0.618. The summed E-state index contributed by atoms with van der Waals surface area (Å²) in [6, 6.07) is 14.9. The van der Waals surface area contributed by atoms with E-state index in [1.165, 1.54) is 0 Å². The van der Waals surface area contributed by atoms with Gasteiger partial charge in [0.25, 0.3) is 5.56 Å². The van der Waals surface area contributed by atoms with Crippen molar-refractivity contribution in [1.29, 1.82) is 0 Å². The minimum absolute atomic E-state index is 0.0717. The predicted octanol–water partition coefficient (Wildman–Crippen LogP) is 2.88. The molecule has 1 N–H and O–H groups in total. The van der Waals surface area contributed by atoms with Crippen LogP contribution < -0.4 is 10.3 Å². The summed E-state index contributed by atoms with van der Waals surface area (Å²) < 4.78 is 6.81. The Kier molecular flexibility index (Phi) is 2.72. The molecular formula is C17H13N3O2. The summed E-state index contributed by atoms with van der Waals surface area (Å²) in [5.74, 6) is 0.749. The molecule has 5 heteroatoms. The van der Waals surface area contributed by atoms with Gasteiger partial charge in [0.15, 0.2) is 0 Å². The zero-order valence-electron chi connectivity index (χ0n) is 11.9. The van der Waals surface area contributed by atoms with Gasteiger partial charge >= 0.3 is 0 Å². The van der Waals surface area contributed by atoms with Gasteiger partial charge in [-0.3, -0.25) is 14.5 Å². The molecule has 2 aromatic heterocycles. The molecule has 22 heavy (non-hydrogen) atoms. The fraction of sp³-hybridized carbons (Fsp3) is 0.0588. The van der Waals surface area contributed by atoms with Crippen LogP contribution in [0.1, 0.15) is 0 Å². The lowest BCUT2D eigenvalue weighted by atomic mass is 10.1. The van der Waals surface area contributed by atoms with E-state index in [9.17, 15) is 4.79 Å². The number of H-pyrrole nitrogens is 1. The van der Waals surface area contributed by atoms with E-state index in [4.69, 9.17) is 4.74 Å². The van der Waals surface area contributed by atoms with Crippen molar-refractivity contribution in [3.63, 3.8) is 0 Å². The van der Waals surface area contributed by atoms with E-state index >= 15 is 0 Å². The predicted molar refractivity (Wildman–Crippen MR) is 85.7 cm³/mol. The van der Waals surface area contributed by atoms with Crippen LogP contribution in [0.3, 0.4) is 0 Å². The highest BCUT2D eigenvalue weighted by Gasteiger charge is 2.13. The molecule has 4 aromatic rings. The maximum absolute atomic E-state index is 12.9. The molecule has 0 aliphatic carbocycles. The maximum atomic E-state index is 12.9. The molecule has 0 saturated carbocycles. The largest absolute Gasteiger partial charge is 0.497 e. The van der Waals surface area contributed by atoms with E-state index in [-0.39, 0.29) is 5.56 Å². The van der Waals surface area contributed by atoms with Crippen molar-refractivity contribution in [3.8, 4) is 11.4 Å². The average molecular weight is 291 g/mol. The van der Waals surface area contributed by atoms with Crippen LogP contribution in [0.25, 0.3) is 27.5 Å². The van der Waals surface area contributed by atoms with Gasteiger partial charge < -0.3 is 4.74 Å². The molecule has 0 unspecified atom stereocenters. The Morgan fingerprint density at radius 3 is 2.45 bits per heavy atom. The monoisotopic (exact) mass is 291 g/mol. The number of ether oxygens (including phenoxy) is 1. The van der Waals surface area contributed by atoms with E-state index in [0.29, 0.717) is 11.0 Å². The fourth-order valence-electron chi connectivity index (χ4n) is 2.75. The number of rotatable bonds is 2. The van der Waals surface area contributed by atoms with Crippen LogP contribution in [0, 0.1) is 0 Å². The Labute approximate surface area is 125 Å². The molecule has 4 rings (SSSR count). The molecule has 0 spiro atoms. The zero-order valence-corrected chi connectivity index (χ0v) is 11.9. The Hall–Kier alpha value is -3.08. The molecule has 0 aliphatic heterocycles. The summed E-state index contributed by atoms with van der Waals surface area (Å²) in [7, 11) is 1.62. The SMILES string of the molecule is COc1ccc(-n2c(=O)c3ccccc3c3cn[nH]c32)cc1. The van der Waals surface area contributed by atoms with Crippen molar-refractivity contribution in [2.75, 3.05) is 7.11 Å². The van der Waals surface area contributed by atoms with Gasteiger partial charge in [0, 0.05) is 10.8 Å². The summed E-state index contributed by atoms with van der Waals surface area (Å²) >= 11 is 0. The van der Waals surface area contributed by atoms with Crippen LogP contribution in [-0.4, -0.2) is 21.9 Å². The second-order valence-corrected chi connectivity index (χ2v) is 5.02. The number of benzene rings is 2. The standard InChI is InChI=1S/C17H13N3O2/c1-22-12-8-6-11(7-9-12)20-16-15(10-18-19-16)13-4-2-3-5-14(13)17(20)21/h2-10H,1H3,(H,18,19). The third kappa shape index (κ3) is 1.72. The van der Waals surface area contributed by atoms with Crippen molar-refractivity contribution < 1.29 is 4.74 Å². The van der Waals surface area contributed by atoms with Crippen LogP contribution in [-0.2, 0) is 0 Å². The summed E-state index contributed by atoms with van der Waals surface area (Å²) in [6.07, 6.45) is 1.75. The smallest absolute Gasteiger partial charge is 0.264 e. The molecular weight excluding hydrogens is 278 g/mol. The van der Waals surface area contributed by atoms with Gasteiger partial charge in [0.2, 0.25) is 0 Å². The third-order valence-corrected chi connectivity index (χ3v) is 3.82. The van der Waals surface area contributed by atoms with Crippen LogP contribution in [0.4, 0.5) is 0 Å². The minimum Gasteiger partial charge on any atom is -0.497 e. The van der Waals surface area contributed by atoms with E-state index < -0.39 is 0 Å².